The molecule has 0 aliphatic carbocycles. The smallest absolute Gasteiger partial charge is 0.462 e. The minimum atomic E-state index is -4.98. The molecular weight excluding hydrogens is 1280 g/mol. The number of phosphoric ester groups is 2. The maximum Gasteiger partial charge on any atom is 0.472 e. The second kappa shape index (κ2) is 71.6. The molecule has 0 radical (unpaired) electrons. The molecule has 0 spiro atoms. The number of ether oxygens (including phenoxy) is 4. The second-order valence-electron chi connectivity index (χ2n) is 26.0. The SMILES string of the molecule is CCCCC/C=C\C/C=C\CCCCCCCC(=O)OC[C@H](COP(=O)(O)OC[C@@H](O)COP(=O)(O)OC[C@@H](COC(=O)CCCCCCC/C=C\CCCCCC)OC(=O)CCCCCCC/C=C\C=C/CCCCCC)OC(=O)CCCCCCC/C=C\C=C/CCCCCC. The quantitative estimate of drug-likeness (QED) is 0.0128. The van der Waals surface area contributed by atoms with E-state index in [-0.39, 0.29) is 25.7 Å². The van der Waals surface area contributed by atoms with Crippen molar-refractivity contribution < 1.29 is 80.2 Å². The van der Waals surface area contributed by atoms with E-state index in [1.54, 1.807) is 0 Å². The Balaban J connectivity index is 5.38. The third kappa shape index (κ3) is 70.7. The minimum absolute atomic E-state index is 0.0751. The van der Waals surface area contributed by atoms with Gasteiger partial charge >= 0.3 is 39.5 Å². The van der Waals surface area contributed by atoms with Gasteiger partial charge in [0, 0.05) is 25.7 Å². The lowest BCUT2D eigenvalue weighted by atomic mass is 10.1. The van der Waals surface area contributed by atoms with Crippen LogP contribution in [0, 0.1) is 0 Å². The van der Waals surface area contributed by atoms with Crippen molar-refractivity contribution in [2.24, 2.45) is 0 Å². The van der Waals surface area contributed by atoms with Crippen molar-refractivity contribution in [3.63, 3.8) is 0 Å². The van der Waals surface area contributed by atoms with Gasteiger partial charge in [-0.05, 0) is 135 Å². The molecule has 0 aliphatic heterocycles. The summed E-state index contributed by atoms with van der Waals surface area (Å²) >= 11 is 0. The lowest BCUT2D eigenvalue weighted by Crippen LogP contribution is -2.30. The molecular formula is C79H140O17P2. The Hall–Kier alpha value is -3.76. The summed E-state index contributed by atoms with van der Waals surface area (Å²) in [5.74, 6) is -2.22. The molecule has 2 unspecified atom stereocenters. The van der Waals surface area contributed by atoms with Gasteiger partial charge in [-0.15, -0.1) is 0 Å². The molecule has 98 heavy (non-hydrogen) atoms. The Labute approximate surface area is 595 Å². The summed E-state index contributed by atoms with van der Waals surface area (Å²) in [7, 11) is -9.96. The second-order valence-corrected chi connectivity index (χ2v) is 28.9. The fourth-order valence-electron chi connectivity index (χ4n) is 10.3. The predicted octanol–water partition coefficient (Wildman–Crippen LogP) is 22.2. The number of carbonyl (C=O) groups is 4. The van der Waals surface area contributed by atoms with E-state index in [1.165, 1.54) is 96.3 Å². The lowest BCUT2D eigenvalue weighted by molar-refractivity contribution is -0.161. The summed E-state index contributed by atoms with van der Waals surface area (Å²) < 4.78 is 68.5. The van der Waals surface area contributed by atoms with Gasteiger partial charge in [-0.2, -0.15) is 0 Å². The summed E-state index contributed by atoms with van der Waals surface area (Å²) in [5, 5.41) is 10.6. The maximum atomic E-state index is 13.1. The Morgan fingerprint density at radius 3 is 0.847 bits per heavy atom. The van der Waals surface area contributed by atoms with Crippen LogP contribution in [0.15, 0.2) is 85.1 Å². The predicted molar refractivity (Wildman–Crippen MR) is 399 cm³/mol. The molecule has 5 atom stereocenters. The van der Waals surface area contributed by atoms with Crippen LogP contribution >= 0.6 is 15.6 Å². The zero-order chi connectivity index (χ0) is 71.8. The van der Waals surface area contributed by atoms with Gasteiger partial charge in [-0.3, -0.25) is 37.3 Å². The number of rotatable bonds is 73. The summed E-state index contributed by atoms with van der Waals surface area (Å²) in [6.07, 6.45) is 72.7. The molecule has 17 nitrogen and oxygen atoms in total. The van der Waals surface area contributed by atoms with E-state index in [0.29, 0.717) is 25.7 Å². The molecule has 0 fully saturated rings. The van der Waals surface area contributed by atoms with Crippen LogP contribution in [0.1, 0.15) is 336 Å². The van der Waals surface area contributed by atoms with Crippen LogP contribution in [0.3, 0.4) is 0 Å². The molecule has 0 aromatic carbocycles. The molecule has 0 aliphatic rings. The van der Waals surface area contributed by atoms with Crippen LogP contribution in [0.2, 0.25) is 0 Å². The van der Waals surface area contributed by atoms with Crippen LogP contribution in [0.5, 0.6) is 0 Å². The van der Waals surface area contributed by atoms with Gasteiger partial charge in [0.1, 0.15) is 19.3 Å². The van der Waals surface area contributed by atoms with Crippen LogP contribution < -0.4 is 0 Å². The van der Waals surface area contributed by atoms with Crippen molar-refractivity contribution in [2.75, 3.05) is 39.6 Å². The Bertz CT molecular complexity index is 2190. The summed E-state index contributed by atoms with van der Waals surface area (Å²) in [6.45, 7) is 4.76. The fourth-order valence-corrected chi connectivity index (χ4v) is 11.9. The first kappa shape index (κ1) is 94.2. The maximum absolute atomic E-state index is 13.1. The lowest BCUT2D eigenvalue weighted by Gasteiger charge is -2.21. The van der Waals surface area contributed by atoms with Crippen LogP contribution in [0.25, 0.3) is 0 Å². The third-order valence-corrected chi connectivity index (χ3v) is 18.3. The van der Waals surface area contributed by atoms with Crippen LogP contribution in [-0.2, 0) is 65.4 Å². The topological polar surface area (TPSA) is 237 Å². The number of aliphatic hydroxyl groups excluding tert-OH is 1. The van der Waals surface area contributed by atoms with Crippen molar-refractivity contribution in [2.45, 2.75) is 354 Å². The van der Waals surface area contributed by atoms with Gasteiger partial charge in [0.05, 0.1) is 26.4 Å². The first-order valence-corrected chi connectivity index (χ1v) is 41.9. The molecule has 0 rings (SSSR count). The number of esters is 4. The highest BCUT2D eigenvalue weighted by Gasteiger charge is 2.30. The number of hydrogen-bond donors (Lipinski definition) is 3. The van der Waals surface area contributed by atoms with Gasteiger partial charge in [-0.25, -0.2) is 9.13 Å². The molecule has 0 aromatic heterocycles. The van der Waals surface area contributed by atoms with E-state index < -0.39 is 97.5 Å². The molecule has 0 heterocycles. The number of unbranched alkanes of at least 4 members (excludes halogenated alkanes) is 35. The highest BCUT2D eigenvalue weighted by molar-refractivity contribution is 7.47. The summed E-state index contributed by atoms with van der Waals surface area (Å²) in [6, 6.07) is 0. The summed E-state index contributed by atoms with van der Waals surface area (Å²) in [5.41, 5.74) is 0. The van der Waals surface area contributed by atoms with Crippen LogP contribution in [0.4, 0.5) is 0 Å². The Morgan fingerprint density at radius 1 is 0.296 bits per heavy atom. The standard InChI is InChI=1S/C79H140O17P2/c1-5-9-13-17-21-25-29-33-36-40-44-48-52-56-60-64-77(82)90-70-75(96-79(84)66-62-58-54-50-46-42-38-35-31-27-23-19-15-11-7-3)72-94-98(87,88)92-68-73(80)67-91-97(85,86)93-71-74(69-89-76(81)63-59-55-51-47-43-39-32-28-24-20-16-12-8-4)95-78(83)65-61-57-53-49-45-41-37-34-30-26-22-18-14-10-6-2/h21,25-28,30-38,73-75,80H,5-20,22-24,29,39-72H2,1-4H3,(H,85,86)(H,87,88)/b25-21-,30-26-,31-27-,32-28-,36-33-,37-34-,38-35-/t73-,74+,75+/m0/s1. The van der Waals surface area contributed by atoms with Gasteiger partial charge < -0.3 is 33.8 Å². The van der Waals surface area contributed by atoms with Crippen molar-refractivity contribution in [3.8, 4) is 0 Å². The van der Waals surface area contributed by atoms with E-state index >= 15 is 0 Å². The summed E-state index contributed by atoms with van der Waals surface area (Å²) in [4.78, 5) is 72.9. The Morgan fingerprint density at radius 2 is 0.531 bits per heavy atom. The molecule has 0 saturated heterocycles. The van der Waals surface area contributed by atoms with Crippen molar-refractivity contribution in [1.29, 1.82) is 0 Å². The number of allylic oxidation sites excluding steroid dienone is 14. The molecule has 19 heteroatoms. The van der Waals surface area contributed by atoms with E-state index in [4.69, 9.17) is 37.0 Å². The van der Waals surface area contributed by atoms with Crippen molar-refractivity contribution in [3.05, 3.63) is 85.1 Å². The highest BCUT2D eigenvalue weighted by Crippen LogP contribution is 2.45. The average Bonchev–Trinajstić information content (AvgIpc) is 1.04. The van der Waals surface area contributed by atoms with Gasteiger partial charge in [-0.1, -0.05) is 260 Å². The molecule has 0 aromatic rings. The molecule has 0 bridgehead atoms. The fraction of sp³-hybridized carbons (Fsp3) is 0.772. The average molecular weight is 1420 g/mol. The van der Waals surface area contributed by atoms with E-state index in [0.717, 1.165) is 161 Å². The normalized spacial score (nSPS) is 14.4. The highest BCUT2D eigenvalue weighted by atomic mass is 31.2. The molecule has 0 saturated carbocycles. The largest absolute Gasteiger partial charge is 0.472 e. The zero-order valence-electron chi connectivity index (χ0n) is 62.0. The van der Waals surface area contributed by atoms with E-state index in [9.17, 15) is 43.2 Å². The number of aliphatic hydroxyl groups is 1. The van der Waals surface area contributed by atoms with E-state index in [2.05, 4.69) is 113 Å². The molecule has 0 amide bonds. The molecule has 568 valence electrons. The zero-order valence-corrected chi connectivity index (χ0v) is 63.7. The first-order chi connectivity index (χ1) is 47.7. The van der Waals surface area contributed by atoms with Crippen molar-refractivity contribution in [1.82, 2.24) is 0 Å². The monoisotopic (exact) mass is 1420 g/mol. The third-order valence-electron chi connectivity index (χ3n) is 16.4. The van der Waals surface area contributed by atoms with Gasteiger partial charge in [0.25, 0.3) is 0 Å². The number of hydrogen-bond acceptors (Lipinski definition) is 15. The van der Waals surface area contributed by atoms with Gasteiger partial charge in [0.15, 0.2) is 12.2 Å². The number of phosphoric acid groups is 2. The van der Waals surface area contributed by atoms with Gasteiger partial charge in [0.2, 0.25) is 0 Å². The van der Waals surface area contributed by atoms with Crippen molar-refractivity contribution >= 4 is 39.5 Å². The number of carbonyl (C=O) groups excluding carboxylic acids is 4. The Kier molecular flexibility index (Phi) is 68.9. The minimum Gasteiger partial charge on any atom is -0.462 e. The first-order valence-electron chi connectivity index (χ1n) is 38.9. The molecule has 3 N–H and O–H groups in total. The van der Waals surface area contributed by atoms with E-state index in [1.807, 2.05) is 0 Å². The van der Waals surface area contributed by atoms with Crippen LogP contribution in [-0.4, -0.2) is 96.7 Å².